The van der Waals surface area contributed by atoms with E-state index in [0.717, 1.165) is 22.6 Å². The molecule has 0 spiro atoms. The Hall–Kier alpha value is -1.74. The van der Waals surface area contributed by atoms with Gasteiger partial charge in [0.1, 0.15) is 17.7 Å². The van der Waals surface area contributed by atoms with Gasteiger partial charge in [0, 0.05) is 12.0 Å². The van der Waals surface area contributed by atoms with Gasteiger partial charge in [-0.15, -0.1) is 0 Å². The summed E-state index contributed by atoms with van der Waals surface area (Å²) >= 11 is 6.14. The van der Waals surface area contributed by atoms with Crippen LogP contribution in [0.3, 0.4) is 0 Å². The van der Waals surface area contributed by atoms with Crippen LogP contribution in [0.25, 0.3) is 0 Å². The molecule has 3 rings (SSSR count). The maximum absolute atomic E-state index is 13.1. The topological polar surface area (TPSA) is 21.3 Å². The first-order chi connectivity index (χ1) is 9.61. The first-order valence-electron chi connectivity index (χ1n) is 6.57. The molecule has 0 radical (unpaired) electrons. The molecule has 4 heteroatoms. The van der Waals surface area contributed by atoms with Crippen LogP contribution in [0.5, 0.6) is 5.75 Å². The van der Waals surface area contributed by atoms with Crippen molar-refractivity contribution in [1.29, 1.82) is 0 Å². The summed E-state index contributed by atoms with van der Waals surface area (Å²) in [6.07, 6.45) is 0.715. The molecule has 104 valence electrons. The highest BCUT2D eigenvalue weighted by atomic mass is 35.5. The Morgan fingerprint density at radius 2 is 2.15 bits per heavy atom. The molecule has 1 unspecified atom stereocenters. The largest absolute Gasteiger partial charge is 0.488 e. The lowest BCUT2D eigenvalue weighted by atomic mass is 10.1. The normalized spacial score (nSPS) is 16.6. The molecule has 1 heterocycles. The third-order valence-corrected chi connectivity index (χ3v) is 3.74. The molecule has 2 aromatic carbocycles. The van der Waals surface area contributed by atoms with Gasteiger partial charge < -0.3 is 10.1 Å². The van der Waals surface area contributed by atoms with E-state index in [-0.39, 0.29) is 11.9 Å². The highest BCUT2D eigenvalue weighted by molar-refractivity contribution is 6.33. The molecule has 1 atom stereocenters. The van der Waals surface area contributed by atoms with E-state index in [1.54, 1.807) is 6.07 Å². The van der Waals surface area contributed by atoms with E-state index in [1.165, 1.54) is 12.1 Å². The SMILES string of the molecule is Cc1ccc(Cl)c(NCC2Cc3cc(F)ccc3O2)c1. The monoisotopic (exact) mass is 291 g/mol. The van der Waals surface area contributed by atoms with Crippen LogP contribution in [0.15, 0.2) is 36.4 Å². The van der Waals surface area contributed by atoms with Crippen molar-refractivity contribution in [2.45, 2.75) is 19.4 Å². The van der Waals surface area contributed by atoms with Crippen LogP contribution in [0.4, 0.5) is 10.1 Å². The number of halogens is 2. The Balaban J connectivity index is 1.65. The molecule has 1 aliphatic rings. The summed E-state index contributed by atoms with van der Waals surface area (Å²) in [5.74, 6) is 0.552. The van der Waals surface area contributed by atoms with Crippen molar-refractivity contribution in [3.05, 3.63) is 58.4 Å². The average Bonchev–Trinajstić information content (AvgIpc) is 2.81. The van der Waals surface area contributed by atoms with Crippen molar-refractivity contribution in [2.75, 3.05) is 11.9 Å². The van der Waals surface area contributed by atoms with Crippen LogP contribution < -0.4 is 10.1 Å². The van der Waals surface area contributed by atoms with E-state index >= 15 is 0 Å². The number of benzene rings is 2. The van der Waals surface area contributed by atoms with Gasteiger partial charge in [-0.1, -0.05) is 17.7 Å². The van der Waals surface area contributed by atoms with Crippen LogP contribution >= 0.6 is 11.6 Å². The number of rotatable bonds is 3. The van der Waals surface area contributed by atoms with Crippen LogP contribution in [0, 0.1) is 12.7 Å². The molecule has 0 bridgehead atoms. The molecule has 1 aliphatic heterocycles. The molecule has 1 N–H and O–H groups in total. The molecular formula is C16H15ClFNO. The average molecular weight is 292 g/mol. The molecule has 0 fully saturated rings. The van der Waals surface area contributed by atoms with Gasteiger partial charge in [0.25, 0.3) is 0 Å². The number of nitrogens with one attached hydrogen (secondary N) is 1. The number of anilines is 1. The van der Waals surface area contributed by atoms with Crippen LogP contribution in [-0.4, -0.2) is 12.6 Å². The molecule has 0 saturated heterocycles. The summed E-state index contributed by atoms with van der Waals surface area (Å²) in [5, 5.41) is 3.99. The van der Waals surface area contributed by atoms with E-state index in [0.29, 0.717) is 18.0 Å². The van der Waals surface area contributed by atoms with Crippen LogP contribution in [-0.2, 0) is 6.42 Å². The molecule has 0 amide bonds. The number of aryl methyl sites for hydroxylation is 1. The third kappa shape index (κ3) is 2.73. The number of fused-ring (bicyclic) bond motifs is 1. The van der Waals surface area contributed by atoms with Crippen LogP contribution in [0.2, 0.25) is 5.02 Å². The fourth-order valence-corrected chi connectivity index (χ4v) is 2.59. The molecule has 20 heavy (non-hydrogen) atoms. The second-order valence-electron chi connectivity index (χ2n) is 5.06. The van der Waals surface area contributed by atoms with Gasteiger partial charge in [0.2, 0.25) is 0 Å². The van der Waals surface area contributed by atoms with Gasteiger partial charge in [-0.2, -0.15) is 0 Å². The Morgan fingerprint density at radius 3 is 3.00 bits per heavy atom. The predicted octanol–water partition coefficient (Wildman–Crippen LogP) is 4.20. The maximum atomic E-state index is 13.1. The minimum Gasteiger partial charge on any atom is -0.488 e. The van der Waals surface area contributed by atoms with E-state index in [9.17, 15) is 4.39 Å². The summed E-state index contributed by atoms with van der Waals surface area (Å²) in [6.45, 7) is 2.66. The fraction of sp³-hybridized carbons (Fsp3) is 0.250. The van der Waals surface area contributed by atoms with Crippen molar-refractivity contribution in [2.24, 2.45) is 0 Å². The van der Waals surface area contributed by atoms with Crippen molar-refractivity contribution in [3.63, 3.8) is 0 Å². The molecule has 2 nitrogen and oxygen atoms in total. The minimum atomic E-state index is -0.220. The highest BCUT2D eigenvalue weighted by Crippen LogP contribution is 2.30. The van der Waals surface area contributed by atoms with Crippen molar-refractivity contribution in [3.8, 4) is 5.75 Å². The second-order valence-corrected chi connectivity index (χ2v) is 5.47. The zero-order chi connectivity index (χ0) is 14.1. The third-order valence-electron chi connectivity index (χ3n) is 3.41. The van der Waals surface area contributed by atoms with Gasteiger partial charge in [0.15, 0.2) is 0 Å². The first kappa shape index (κ1) is 13.3. The standard InChI is InChI=1S/C16H15ClFNO/c1-10-2-4-14(17)15(6-10)19-9-13-8-11-7-12(18)3-5-16(11)20-13/h2-7,13,19H,8-9H2,1H3. The number of ether oxygens (including phenoxy) is 1. The fourth-order valence-electron chi connectivity index (χ4n) is 2.40. The molecular weight excluding hydrogens is 277 g/mol. The summed E-state index contributed by atoms with van der Waals surface area (Å²) < 4.78 is 18.9. The molecule has 0 saturated carbocycles. The summed E-state index contributed by atoms with van der Waals surface area (Å²) in [6, 6.07) is 10.5. The Labute approximate surface area is 122 Å². The Kier molecular flexibility index (Phi) is 3.53. The summed E-state index contributed by atoms with van der Waals surface area (Å²) in [4.78, 5) is 0. The Bertz CT molecular complexity index is 644. The van der Waals surface area contributed by atoms with Gasteiger partial charge >= 0.3 is 0 Å². The first-order valence-corrected chi connectivity index (χ1v) is 6.95. The van der Waals surface area contributed by atoms with E-state index in [1.807, 2.05) is 25.1 Å². The van der Waals surface area contributed by atoms with E-state index in [4.69, 9.17) is 16.3 Å². The number of hydrogen-bond acceptors (Lipinski definition) is 2. The van der Waals surface area contributed by atoms with Crippen molar-refractivity contribution < 1.29 is 9.13 Å². The highest BCUT2D eigenvalue weighted by Gasteiger charge is 2.23. The van der Waals surface area contributed by atoms with Crippen molar-refractivity contribution in [1.82, 2.24) is 0 Å². The minimum absolute atomic E-state index is 0.00313. The molecule has 2 aromatic rings. The van der Waals surface area contributed by atoms with E-state index < -0.39 is 0 Å². The second kappa shape index (κ2) is 5.33. The quantitative estimate of drug-likeness (QED) is 0.915. The zero-order valence-corrected chi connectivity index (χ0v) is 11.9. The van der Waals surface area contributed by atoms with Gasteiger partial charge in [-0.25, -0.2) is 4.39 Å². The summed E-state index contributed by atoms with van der Waals surface area (Å²) in [7, 11) is 0. The molecule has 0 aliphatic carbocycles. The Morgan fingerprint density at radius 1 is 1.30 bits per heavy atom. The van der Waals surface area contributed by atoms with Crippen LogP contribution in [0.1, 0.15) is 11.1 Å². The van der Waals surface area contributed by atoms with Gasteiger partial charge in [-0.3, -0.25) is 0 Å². The van der Waals surface area contributed by atoms with E-state index in [2.05, 4.69) is 5.32 Å². The molecule has 0 aromatic heterocycles. The van der Waals surface area contributed by atoms with Gasteiger partial charge in [-0.05, 0) is 42.8 Å². The zero-order valence-electron chi connectivity index (χ0n) is 11.1. The lowest BCUT2D eigenvalue weighted by Crippen LogP contribution is -2.24. The smallest absolute Gasteiger partial charge is 0.123 e. The summed E-state index contributed by atoms with van der Waals surface area (Å²) in [5.41, 5.74) is 2.97. The lowest BCUT2D eigenvalue weighted by Gasteiger charge is -2.14. The maximum Gasteiger partial charge on any atom is 0.123 e. The predicted molar refractivity (Wildman–Crippen MR) is 79.2 cm³/mol. The number of hydrogen-bond donors (Lipinski definition) is 1. The van der Waals surface area contributed by atoms with Crippen molar-refractivity contribution >= 4 is 17.3 Å². The lowest BCUT2D eigenvalue weighted by molar-refractivity contribution is 0.246. The van der Waals surface area contributed by atoms with Gasteiger partial charge in [0.05, 0.1) is 17.3 Å².